The molecule has 1 heterocycles. The van der Waals surface area contributed by atoms with E-state index in [0.717, 1.165) is 42.0 Å². The molecule has 0 spiro atoms. The standard InChI is InChI=1S/C18H26N2O3.ClH/c1-6-20(7-2)10-11-23-18(21)17-13(3)19(4)16-9-8-14(22-5)12-15(16)17;/h8-9,12H,6-7,10-11H2,1-5H3;1H. The maximum Gasteiger partial charge on any atom is 0.340 e. The highest BCUT2D eigenvalue weighted by Crippen LogP contribution is 2.29. The van der Waals surface area contributed by atoms with Crippen LogP contribution in [0.3, 0.4) is 0 Å². The third-order valence-corrected chi connectivity index (χ3v) is 4.59. The molecule has 0 aliphatic heterocycles. The molecule has 1 N–H and O–H groups in total. The number of hydrogen-bond acceptors (Lipinski definition) is 3. The number of benzene rings is 1. The predicted molar refractivity (Wildman–Crippen MR) is 91.4 cm³/mol. The molecule has 0 amide bonds. The Bertz CT molecular complexity index is 693. The van der Waals surface area contributed by atoms with Crippen molar-refractivity contribution in [3.63, 3.8) is 0 Å². The van der Waals surface area contributed by atoms with Crippen molar-refractivity contribution >= 4 is 16.9 Å². The van der Waals surface area contributed by atoms with Crippen LogP contribution in [0.15, 0.2) is 18.2 Å². The lowest BCUT2D eigenvalue weighted by Gasteiger charge is -2.15. The molecule has 0 bridgehead atoms. The zero-order valence-corrected chi connectivity index (χ0v) is 15.9. The number of nitrogens with zero attached hydrogens (tertiary/aromatic N) is 1. The summed E-state index contributed by atoms with van der Waals surface area (Å²) in [6.07, 6.45) is 0. The molecule has 1 aromatic heterocycles. The summed E-state index contributed by atoms with van der Waals surface area (Å²) in [5.74, 6) is 0.484. The van der Waals surface area contributed by atoms with Crippen LogP contribution in [-0.4, -0.2) is 43.9 Å². The normalized spacial score (nSPS) is 10.8. The summed E-state index contributed by atoms with van der Waals surface area (Å²) in [5.41, 5.74) is 2.55. The number of carbonyl (C=O) groups excluding carboxylic acids is 1. The molecule has 0 unspecified atom stereocenters. The van der Waals surface area contributed by atoms with Gasteiger partial charge in [0.05, 0.1) is 25.8 Å². The van der Waals surface area contributed by atoms with Gasteiger partial charge in [0.25, 0.3) is 0 Å². The van der Waals surface area contributed by atoms with E-state index in [1.807, 2.05) is 36.7 Å². The quantitative estimate of drug-likeness (QED) is 0.621. The summed E-state index contributed by atoms with van der Waals surface area (Å²) in [4.78, 5) is 14.0. The van der Waals surface area contributed by atoms with Crippen LogP contribution < -0.4 is 22.0 Å². The van der Waals surface area contributed by atoms with Gasteiger partial charge in [-0.05, 0) is 39.0 Å². The highest BCUT2D eigenvalue weighted by Gasteiger charge is 2.20. The summed E-state index contributed by atoms with van der Waals surface area (Å²) < 4.78 is 12.8. The first-order chi connectivity index (χ1) is 11.0. The van der Waals surface area contributed by atoms with E-state index in [1.54, 1.807) is 7.11 Å². The van der Waals surface area contributed by atoms with Crippen LogP contribution in [0, 0.1) is 6.92 Å². The van der Waals surface area contributed by atoms with Crippen LogP contribution in [0.1, 0.15) is 29.9 Å². The molecule has 0 saturated heterocycles. The molecule has 0 aliphatic rings. The van der Waals surface area contributed by atoms with Crippen LogP contribution in [0.5, 0.6) is 5.75 Å². The fraction of sp³-hybridized carbons (Fsp3) is 0.500. The van der Waals surface area contributed by atoms with Gasteiger partial charge in [0.1, 0.15) is 18.9 Å². The third kappa shape index (κ3) is 4.02. The molecule has 134 valence electrons. The van der Waals surface area contributed by atoms with Gasteiger partial charge in [-0.15, -0.1) is 0 Å². The highest BCUT2D eigenvalue weighted by atomic mass is 35.5. The first kappa shape index (κ1) is 20.3. The van der Waals surface area contributed by atoms with E-state index in [-0.39, 0.29) is 18.4 Å². The van der Waals surface area contributed by atoms with Crippen LogP contribution in [0.2, 0.25) is 0 Å². The van der Waals surface area contributed by atoms with Crippen molar-refractivity contribution in [1.29, 1.82) is 0 Å². The largest absolute Gasteiger partial charge is 1.00 e. The fourth-order valence-electron chi connectivity index (χ4n) is 2.90. The SMILES string of the molecule is CC[NH+](CC)CCOC(=O)c1c(C)n(C)c2ccc(OC)cc12.[Cl-]. The van der Waals surface area contributed by atoms with Crippen molar-refractivity contribution in [3.8, 4) is 5.75 Å². The molecule has 6 heteroatoms. The molecule has 1 aromatic carbocycles. The topological polar surface area (TPSA) is 44.9 Å². The monoisotopic (exact) mass is 354 g/mol. The summed E-state index contributed by atoms with van der Waals surface area (Å²) >= 11 is 0. The van der Waals surface area contributed by atoms with Gasteiger partial charge in [0, 0.05) is 23.6 Å². The molecule has 24 heavy (non-hydrogen) atoms. The van der Waals surface area contributed by atoms with Gasteiger partial charge < -0.3 is 31.3 Å². The number of halogens is 1. The number of rotatable bonds is 7. The van der Waals surface area contributed by atoms with E-state index >= 15 is 0 Å². The van der Waals surface area contributed by atoms with Gasteiger partial charge >= 0.3 is 5.97 Å². The number of nitrogens with one attached hydrogen (secondary N) is 1. The number of hydrogen-bond donors (Lipinski definition) is 1. The van der Waals surface area contributed by atoms with Gasteiger partial charge in [-0.2, -0.15) is 0 Å². The van der Waals surface area contributed by atoms with Crippen molar-refractivity contribution in [3.05, 3.63) is 29.5 Å². The van der Waals surface area contributed by atoms with Crippen molar-refractivity contribution in [1.82, 2.24) is 4.57 Å². The van der Waals surface area contributed by atoms with Crippen LogP contribution >= 0.6 is 0 Å². The maximum absolute atomic E-state index is 12.6. The second kappa shape index (κ2) is 8.94. The average Bonchev–Trinajstić information content (AvgIpc) is 2.82. The van der Waals surface area contributed by atoms with Crippen molar-refractivity contribution in [2.24, 2.45) is 7.05 Å². The van der Waals surface area contributed by atoms with Crippen molar-refractivity contribution in [2.75, 3.05) is 33.4 Å². The summed E-state index contributed by atoms with van der Waals surface area (Å²) in [6, 6.07) is 5.77. The lowest BCUT2D eigenvalue weighted by atomic mass is 10.1. The summed E-state index contributed by atoms with van der Waals surface area (Å²) in [5, 5.41) is 0.879. The van der Waals surface area contributed by atoms with Crippen LogP contribution in [0.25, 0.3) is 10.9 Å². The van der Waals surface area contributed by atoms with Gasteiger partial charge in [0.2, 0.25) is 0 Å². The molecular weight excluding hydrogens is 328 g/mol. The van der Waals surface area contributed by atoms with Crippen molar-refractivity contribution in [2.45, 2.75) is 20.8 Å². The number of aromatic nitrogens is 1. The van der Waals surface area contributed by atoms with Crippen LogP contribution in [-0.2, 0) is 11.8 Å². The number of likely N-dealkylation sites (N-methyl/N-ethyl adjacent to an activating group) is 1. The zero-order chi connectivity index (χ0) is 17.0. The lowest BCUT2D eigenvalue weighted by Crippen LogP contribution is -3.11. The number of methoxy groups -OCH3 is 1. The molecule has 0 aliphatic carbocycles. The molecule has 0 radical (unpaired) electrons. The molecule has 0 fully saturated rings. The van der Waals surface area contributed by atoms with Gasteiger partial charge in [-0.3, -0.25) is 0 Å². The van der Waals surface area contributed by atoms with Crippen LogP contribution in [0.4, 0.5) is 0 Å². The van der Waals surface area contributed by atoms with E-state index < -0.39 is 0 Å². The van der Waals surface area contributed by atoms with E-state index in [9.17, 15) is 4.79 Å². The molecule has 2 rings (SSSR count). The fourth-order valence-corrected chi connectivity index (χ4v) is 2.90. The number of quaternary nitrogens is 1. The zero-order valence-electron chi connectivity index (χ0n) is 15.1. The minimum absolute atomic E-state index is 0. The average molecular weight is 355 g/mol. The number of ether oxygens (including phenoxy) is 2. The molecule has 0 atom stereocenters. The Kier molecular flexibility index (Phi) is 7.58. The minimum atomic E-state index is -0.257. The Labute approximate surface area is 149 Å². The predicted octanol–water partition coefficient (Wildman–Crippen LogP) is -1.42. The third-order valence-electron chi connectivity index (χ3n) is 4.59. The van der Waals surface area contributed by atoms with Gasteiger partial charge in [-0.1, -0.05) is 0 Å². The van der Waals surface area contributed by atoms with E-state index in [1.165, 1.54) is 4.90 Å². The smallest absolute Gasteiger partial charge is 0.340 e. The second-order valence-electron chi connectivity index (χ2n) is 5.75. The Morgan fingerprint density at radius 1 is 1.25 bits per heavy atom. The Morgan fingerprint density at radius 2 is 1.92 bits per heavy atom. The number of esters is 1. The van der Waals surface area contributed by atoms with E-state index in [2.05, 4.69) is 13.8 Å². The maximum atomic E-state index is 12.6. The summed E-state index contributed by atoms with van der Waals surface area (Å²) in [7, 11) is 3.59. The second-order valence-corrected chi connectivity index (χ2v) is 5.75. The number of fused-ring (bicyclic) bond motifs is 1. The Hall–Kier alpha value is -1.72. The number of aryl methyl sites for hydroxylation is 1. The molecule has 5 nitrogen and oxygen atoms in total. The van der Waals surface area contributed by atoms with Crippen molar-refractivity contribution < 1.29 is 31.6 Å². The van der Waals surface area contributed by atoms with Gasteiger partial charge in [0.15, 0.2) is 0 Å². The lowest BCUT2D eigenvalue weighted by molar-refractivity contribution is -0.896. The first-order valence-corrected chi connectivity index (χ1v) is 8.17. The highest BCUT2D eigenvalue weighted by molar-refractivity contribution is 6.06. The summed E-state index contributed by atoms with van der Waals surface area (Å²) in [6.45, 7) is 9.58. The van der Waals surface area contributed by atoms with E-state index in [4.69, 9.17) is 9.47 Å². The number of carbonyl (C=O) groups is 1. The molecule has 0 saturated carbocycles. The van der Waals surface area contributed by atoms with E-state index in [0.29, 0.717) is 12.2 Å². The molecular formula is C18H27ClN2O3. The molecule has 2 aromatic rings. The minimum Gasteiger partial charge on any atom is -1.00 e. The first-order valence-electron chi connectivity index (χ1n) is 8.17. The Morgan fingerprint density at radius 3 is 2.50 bits per heavy atom. The Balaban J connectivity index is 0.00000288. The van der Waals surface area contributed by atoms with Gasteiger partial charge in [-0.25, -0.2) is 4.79 Å².